The Balaban J connectivity index is 2.03. The quantitative estimate of drug-likeness (QED) is 0.717. The van der Waals surface area contributed by atoms with Crippen LogP contribution in [0.5, 0.6) is 5.75 Å². The van der Waals surface area contributed by atoms with Gasteiger partial charge in [-0.1, -0.05) is 6.07 Å². The average Bonchev–Trinajstić information content (AvgIpc) is 3.20. The summed E-state index contributed by atoms with van der Waals surface area (Å²) in [4.78, 5) is 26.9. The number of hydrogen-bond acceptors (Lipinski definition) is 5. The van der Waals surface area contributed by atoms with E-state index in [4.69, 9.17) is 9.47 Å². The lowest BCUT2D eigenvalue weighted by Gasteiger charge is -2.34. The molecule has 0 saturated carbocycles. The van der Waals surface area contributed by atoms with Crippen molar-refractivity contribution in [2.45, 2.75) is 33.7 Å². The number of rotatable bonds is 6. The lowest BCUT2D eigenvalue weighted by atomic mass is 9.97. The Kier molecular flexibility index (Phi) is 6.27. The predicted molar refractivity (Wildman–Crippen MR) is 113 cm³/mol. The van der Waals surface area contributed by atoms with Crippen molar-refractivity contribution in [3.63, 3.8) is 0 Å². The highest BCUT2D eigenvalue weighted by atomic mass is 32.1. The summed E-state index contributed by atoms with van der Waals surface area (Å²) in [6.45, 7) is 8.14. The van der Waals surface area contributed by atoms with E-state index < -0.39 is 12.0 Å². The van der Waals surface area contributed by atoms with Gasteiger partial charge in [-0.15, -0.1) is 0 Å². The molecule has 3 rings (SSSR count). The highest BCUT2D eigenvalue weighted by Crippen LogP contribution is 2.33. The van der Waals surface area contributed by atoms with Crippen molar-refractivity contribution in [1.82, 2.24) is 10.2 Å². The molecule has 1 aliphatic rings. The van der Waals surface area contributed by atoms with Crippen LogP contribution >= 0.6 is 11.3 Å². The Morgan fingerprint density at radius 3 is 2.69 bits per heavy atom. The van der Waals surface area contributed by atoms with Gasteiger partial charge in [0.2, 0.25) is 0 Å². The van der Waals surface area contributed by atoms with Gasteiger partial charge in [0.1, 0.15) is 12.4 Å². The second-order valence-corrected chi connectivity index (χ2v) is 7.85. The van der Waals surface area contributed by atoms with E-state index in [9.17, 15) is 9.59 Å². The highest BCUT2D eigenvalue weighted by Gasteiger charge is 2.37. The summed E-state index contributed by atoms with van der Waals surface area (Å²) < 4.78 is 11.4. The monoisotopic (exact) mass is 414 g/mol. The summed E-state index contributed by atoms with van der Waals surface area (Å²) in [7, 11) is 1.63. The van der Waals surface area contributed by atoms with Gasteiger partial charge in [-0.3, -0.25) is 4.90 Å². The first-order valence-electron chi connectivity index (χ1n) is 9.50. The van der Waals surface area contributed by atoms with Crippen LogP contribution < -0.4 is 10.1 Å². The summed E-state index contributed by atoms with van der Waals surface area (Å²) in [5.74, 6) is 0.288. The summed E-state index contributed by atoms with van der Waals surface area (Å²) in [5, 5.41) is 6.73. The molecule has 0 aliphatic carbocycles. The molecule has 6 nitrogen and oxygen atoms in total. The largest absolute Gasteiger partial charge is 0.487 e. The molecule has 1 atom stereocenters. The molecule has 29 heavy (non-hydrogen) atoms. The molecule has 1 N–H and O–H groups in total. The maximum absolute atomic E-state index is 12.8. The van der Waals surface area contributed by atoms with Crippen LogP contribution in [0.4, 0.5) is 4.79 Å². The number of esters is 1. The van der Waals surface area contributed by atoms with Crippen LogP contribution in [0.25, 0.3) is 0 Å². The maximum atomic E-state index is 12.8. The number of carbonyl (C=O) groups is 2. The third-order valence-corrected chi connectivity index (χ3v) is 5.78. The van der Waals surface area contributed by atoms with Crippen molar-refractivity contribution < 1.29 is 19.1 Å². The molecule has 0 fully saturated rings. The number of aryl methyl sites for hydroxylation is 2. The van der Waals surface area contributed by atoms with Crippen molar-refractivity contribution in [1.29, 1.82) is 0 Å². The van der Waals surface area contributed by atoms with Crippen LogP contribution in [0, 0.1) is 20.8 Å². The summed E-state index contributed by atoms with van der Waals surface area (Å²) in [6, 6.07) is 5.10. The van der Waals surface area contributed by atoms with Crippen molar-refractivity contribution in [2.75, 3.05) is 20.3 Å². The van der Waals surface area contributed by atoms with E-state index in [0.717, 1.165) is 28.0 Å². The Morgan fingerprint density at radius 1 is 1.28 bits per heavy atom. The van der Waals surface area contributed by atoms with Gasteiger partial charge in [-0.05, 0) is 72.8 Å². The van der Waals surface area contributed by atoms with Gasteiger partial charge in [-0.25, -0.2) is 9.59 Å². The van der Waals surface area contributed by atoms with Crippen LogP contribution in [0.3, 0.4) is 0 Å². The third kappa shape index (κ3) is 4.29. The third-order valence-electron chi connectivity index (χ3n) is 5.08. The van der Waals surface area contributed by atoms with E-state index >= 15 is 0 Å². The van der Waals surface area contributed by atoms with E-state index in [-0.39, 0.29) is 19.2 Å². The minimum absolute atomic E-state index is 0.0858. The topological polar surface area (TPSA) is 67.9 Å². The van der Waals surface area contributed by atoms with Gasteiger partial charge >= 0.3 is 12.0 Å². The zero-order chi connectivity index (χ0) is 21.1. The lowest BCUT2D eigenvalue weighted by Crippen LogP contribution is -2.48. The number of nitrogens with one attached hydrogen (secondary N) is 1. The Morgan fingerprint density at radius 2 is 2.03 bits per heavy atom. The zero-order valence-corrected chi connectivity index (χ0v) is 18.2. The number of thiophene rings is 1. The van der Waals surface area contributed by atoms with Crippen molar-refractivity contribution in [3.8, 4) is 5.75 Å². The number of nitrogens with zero attached hydrogens (tertiary/aromatic N) is 1. The molecule has 7 heteroatoms. The molecule has 1 aromatic carbocycles. The van der Waals surface area contributed by atoms with Gasteiger partial charge in [0.25, 0.3) is 0 Å². The lowest BCUT2D eigenvalue weighted by molar-refractivity contribution is -0.139. The summed E-state index contributed by atoms with van der Waals surface area (Å²) in [5.41, 5.74) is 5.00. The van der Waals surface area contributed by atoms with Crippen LogP contribution in [0.2, 0.25) is 0 Å². The molecule has 2 aromatic rings. The standard InChI is InChI=1S/C22H26N2O4S/c1-6-27-21(25)19-17(11-28-18-10-13(2)9-14(3)15(18)4)24(5)22(26)23-20(19)16-7-8-29-12-16/h7-10,12,20H,6,11H2,1-5H3,(H,23,26)/t20-/m0/s1. The van der Waals surface area contributed by atoms with Gasteiger partial charge in [0.05, 0.1) is 23.9 Å². The van der Waals surface area contributed by atoms with Crippen LogP contribution in [0.1, 0.15) is 35.2 Å². The molecule has 0 bridgehead atoms. The van der Waals surface area contributed by atoms with Crippen LogP contribution in [0.15, 0.2) is 40.2 Å². The molecular weight excluding hydrogens is 388 g/mol. The highest BCUT2D eigenvalue weighted by molar-refractivity contribution is 7.08. The number of hydrogen-bond donors (Lipinski definition) is 1. The fraction of sp³-hybridized carbons (Fsp3) is 0.364. The number of carbonyl (C=O) groups excluding carboxylic acids is 2. The predicted octanol–water partition coefficient (Wildman–Crippen LogP) is 4.27. The molecule has 1 aliphatic heterocycles. The van der Waals surface area contributed by atoms with Crippen molar-refractivity contribution in [3.05, 3.63) is 62.5 Å². The SMILES string of the molecule is CCOC(=O)C1=C(COc2cc(C)cc(C)c2C)N(C)C(=O)N[C@H]1c1ccsc1. The van der Waals surface area contributed by atoms with Gasteiger partial charge in [-0.2, -0.15) is 11.3 Å². The van der Waals surface area contributed by atoms with Crippen molar-refractivity contribution >= 4 is 23.3 Å². The van der Waals surface area contributed by atoms with Gasteiger partial charge in [0, 0.05) is 7.05 Å². The fourth-order valence-corrected chi connectivity index (χ4v) is 4.05. The molecular formula is C22H26N2O4S. The first-order chi connectivity index (χ1) is 13.8. The first-order valence-corrected chi connectivity index (χ1v) is 10.4. The molecule has 1 aromatic heterocycles. The molecule has 0 unspecified atom stereocenters. The maximum Gasteiger partial charge on any atom is 0.338 e. The second-order valence-electron chi connectivity index (χ2n) is 7.07. The number of urea groups is 1. The van der Waals surface area contributed by atoms with E-state index in [2.05, 4.69) is 11.4 Å². The van der Waals surface area contributed by atoms with E-state index in [1.54, 1.807) is 14.0 Å². The molecule has 2 heterocycles. The first kappa shape index (κ1) is 20.9. The number of benzene rings is 1. The van der Waals surface area contributed by atoms with Crippen LogP contribution in [-0.4, -0.2) is 37.2 Å². The Bertz CT molecular complexity index is 950. The molecule has 0 radical (unpaired) electrons. The molecule has 0 spiro atoms. The van der Waals surface area contributed by atoms with E-state index in [0.29, 0.717) is 11.3 Å². The Labute approximate surface area is 175 Å². The van der Waals surface area contributed by atoms with Gasteiger partial charge in [0.15, 0.2) is 0 Å². The minimum atomic E-state index is -0.567. The molecule has 154 valence electrons. The summed E-state index contributed by atoms with van der Waals surface area (Å²) >= 11 is 1.51. The normalized spacial score (nSPS) is 16.7. The Hall–Kier alpha value is -2.80. The molecule has 0 saturated heterocycles. The number of amides is 2. The summed E-state index contributed by atoms with van der Waals surface area (Å²) in [6.07, 6.45) is 0. The average molecular weight is 415 g/mol. The minimum Gasteiger partial charge on any atom is -0.487 e. The number of likely N-dealkylation sites (N-methyl/N-ethyl adjacent to an activating group) is 1. The van der Waals surface area contributed by atoms with Crippen LogP contribution in [-0.2, 0) is 9.53 Å². The van der Waals surface area contributed by atoms with Crippen molar-refractivity contribution in [2.24, 2.45) is 0 Å². The molecule has 2 amide bonds. The zero-order valence-electron chi connectivity index (χ0n) is 17.4. The van der Waals surface area contributed by atoms with E-state index in [1.165, 1.54) is 16.2 Å². The fourth-order valence-electron chi connectivity index (χ4n) is 3.37. The second kappa shape index (κ2) is 8.69. The number of ether oxygens (including phenoxy) is 2. The van der Waals surface area contributed by atoms with E-state index in [1.807, 2.05) is 43.7 Å². The van der Waals surface area contributed by atoms with Gasteiger partial charge < -0.3 is 14.8 Å². The smallest absolute Gasteiger partial charge is 0.338 e.